The van der Waals surface area contributed by atoms with Crippen LogP contribution in [-0.4, -0.2) is 39.0 Å². The molecule has 1 fully saturated rings. The molecule has 0 saturated carbocycles. The van der Waals surface area contributed by atoms with E-state index >= 15 is 0 Å². The lowest BCUT2D eigenvalue weighted by molar-refractivity contribution is 0.120. The molecule has 1 N–H and O–H groups in total. The molecule has 1 saturated heterocycles. The van der Waals surface area contributed by atoms with Gasteiger partial charge in [0.2, 0.25) is 0 Å². The van der Waals surface area contributed by atoms with Crippen molar-refractivity contribution in [2.45, 2.75) is 52.7 Å². The van der Waals surface area contributed by atoms with E-state index in [4.69, 9.17) is 4.74 Å². The second kappa shape index (κ2) is 5.97. The summed E-state index contributed by atoms with van der Waals surface area (Å²) in [6, 6.07) is 0. The monoisotopic (exact) mass is 289 g/mol. The molecule has 0 bridgehead atoms. The largest absolute Gasteiger partial charge is 0.376 e. The Balaban J connectivity index is 1.97. The van der Waals surface area contributed by atoms with Crippen molar-refractivity contribution in [2.24, 2.45) is 0 Å². The van der Waals surface area contributed by atoms with E-state index in [1.165, 1.54) is 0 Å². The van der Waals surface area contributed by atoms with Crippen LogP contribution in [0.1, 0.15) is 38.2 Å². The van der Waals surface area contributed by atoms with Gasteiger partial charge in [-0.15, -0.1) is 0 Å². The first kappa shape index (κ1) is 14.3. The fourth-order valence-corrected chi connectivity index (χ4v) is 2.80. The maximum absolute atomic E-state index is 5.68. The molecule has 2 aromatic rings. The molecule has 0 aromatic carbocycles. The van der Waals surface area contributed by atoms with Crippen molar-refractivity contribution < 1.29 is 4.74 Å². The van der Waals surface area contributed by atoms with E-state index in [-0.39, 0.29) is 0 Å². The molecule has 1 aliphatic rings. The zero-order valence-corrected chi connectivity index (χ0v) is 13.0. The van der Waals surface area contributed by atoms with Gasteiger partial charge in [0.25, 0.3) is 0 Å². The van der Waals surface area contributed by atoms with Gasteiger partial charge in [0, 0.05) is 26.1 Å². The second-order valence-electron chi connectivity index (χ2n) is 5.46. The van der Waals surface area contributed by atoms with Crippen molar-refractivity contribution in [2.75, 3.05) is 18.5 Å². The molecule has 0 aliphatic carbocycles. The quantitative estimate of drug-likeness (QED) is 0.915. The Morgan fingerprint density at radius 2 is 2.19 bits per heavy atom. The Bertz CT molecular complexity index is 631. The number of hydrogen-bond donors (Lipinski definition) is 1. The van der Waals surface area contributed by atoms with Crippen molar-refractivity contribution >= 4 is 16.9 Å². The highest BCUT2D eigenvalue weighted by atomic mass is 16.5. The molecule has 2 aromatic heterocycles. The summed E-state index contributed by atoms with van der Waals surface area (Å²) in [4.78, 5) is 9.30. The fourth-order valence-electron chi connectivity index (χ4n) is 2.80. The SMILES string of the molecule is CCc1nc(NC[C@@H]2CCCO2)c2c(n1)c(C)nn2CC. The lowest BCUT2D eigenvalue weighted by atomic mass is 10.2. The Hall–Kier alpha value is -1.69. The lowest BCUT2D eigenvalue weighted by Crippen LogP contribution is -2.20. The minimum absolute atomic E-state index is 0.291. The normalized spacial score (nSPS) is 18.5. The summed E-state index contributed by atoms with van der Waals surface area (Å²) in [6.45, 7) is 8.65. The highest BCUT2D eigenvalue weighted by Gasteiger charge is 2.19. The average Bonchev–Trinajstić information content (AvgIpc) is 3.13. The zero-order chi connectivity index (χ0) is 14.8. The first-order chi connectivity index (χ1) is 10.2. The topological polar surface area (TPSA) is 64.9 Å². The number of rotatable bonds is 5. The minimum atomic E-state index is 0.291. The van der Waals surface area contributed by atoms with Gasteiger partial charge in [0.15, 0.2) is 5.82 Å². The Morgan fingerprint density at radius 3 is 2.86 bits per heavy atom. The standard InChI is InChI=1S/C15H23N5O/c1-4-12-17-13-10(3)19-20(5-2)14(13)15(18-12)16-9-11-7-6-8-21-11/h11H,4-9H2,1-3H3,(H,16,17,18)/t11-/m0/s1. The maximum Gasteiger partial charge on any atom is 0.156 e. The number of nitrogens with zero attached hydrogens (tertiary/aromatic N) is 4. The summed E-state index contributed by atoms with van der Waals surface area (Å²) >= 11 is 0. The number of nitrogens with one attached hydrogen (secondary N) is 1. The Morgan fingerprint density at radius 1 is 1.33 bits per heavy atom. The van der Waals surface area contributed by atoms with Crippen LogP contribution in [-0.2, 0) is 17.7 Å². The third kappa shape index (κ3) is 2.72. The van der Waals surface area contributed by atoms with E-state index in [1.807, 2.05) is 11.6 Å². The van der Waals surface area contributed by atoms with E-state index in [0.29, 0.717) is 6.10 Å². The van der Waals surface area contributed by atoms with E-state index in [9.17, 15) is 0 Å². The first-order valence-electron chi connectivity index (χ1n) is 7.82. The molecule has 6 heteroatoms. The highest BCUT2D eigenvalue weighted by molar-refractivity contribution is 5.87. The summed E-state index contributed by atoms with van der Waals surface area (Å²) in [5, 5.41) is 8.02. The number of ether oxygens (including phenoxy) is 1. The highest BCUT2D eigenvalue weighted by Crippen LogP contribution is 2.24. The smallest absolute Gasteiger partial charge is 0.156 e. The molecule has 114 valence electrons. The van der Waals surface area contributed by atoms with Gasteiger partial charge >= 0.3 is 0 Å². The predicted molar refractivity (Wildman–Crippen MR) is 82.6 cm³/mol. The molecule has 3 heterocycles. The van der Waals surface area contributed by atoms with Crippen LogP contribution < -0.4 is 5.32 Å². The predicted octanol–water partition coefficient (Wildman–Crippen LogP) is 2.31. The molecule has 0 spiro atoms. The van der Waals surface area contributed by atoms with Gasteiger partial charge < -0.3 is 10.1 Å². The number of aryl methyl sites for hydroxylation is 3. The fraction of sp³-hybridized carbons (Fsp3) is 0.667. The molecule has 21 heavy (non-hydrogen) atoms. The van der Waals surface area contributed by atoms with Crippen LogP contribution in [0.3, 0.4) is 0 Å². The van der Waals surface area contributed by atoms with Gasteiger partial charge in [0.1, 0.15) is 16.9 Å². The van der Waals surface area contributed by atoms with Gasteiger partial charge in [-0.25, -0.2) is 9.97 Å². The molecule has 0 radical (unpaired) electrons. The van der Waals surface area contributed by atoms with Crippen LogP contribution in [0.2, 0.25) is 0 Å². The van der Waals surface area contributed by atoms with Crippen molar-refractivity contribution in [3.8, 4) is 0 Å². The van der Waals surface area contributed by atoms with Crippen LogP contribution >= 0.6 is 0 Å². The molecule has 3 rings (SSSR count). The average molecular weight is 289 g/mol. The number of aromatic nitrogens is 4. The number of hydrogen-bond acceptors (Lipinski definition) is 5. The summed E-state index contributed by atoms with van der Waals surface area (Å²) < 4.78 is 7.65. The van der Waals surface area contributed by atoms with Crippen LogP contribution in [0, 0.1) is 6.92 Å². The van der Waals surface area contributed by atoms with Gasteiger partial charge in [0.05, 0.1) is 11.8 Å². The van der Waals surface area contributed by atoms with E-state index in [0.717, 1.165) is 67.3 Å². The third-order valence-electron chi connectivity index (χ3n) is 3.94. The first-order valence-corrected chi connectivity index (χ1v) is 7.82. The molecule has 1 aliphatic heterocycles. The second-order valence-corrected chi connectivity index (χ2v) is 5.46. The van der Waals surface area contributed by atoms with Crippen LogP contribution in [0.25, 0.3) is 11.0 Å². The van der Waals surface area contributed by atoms with Crippen LogP contribution in [0.5, 0.6) is 0 Å². The molecule has 0 amide bonds. The van der Waals surface area contributed by atoms with Crippen LogP contribution in [0.4, 0.5) is 5.82 Å². The Labute approximate surface area is 124 Å². The molecular weight excluding hydrogens is 266 g/mol. The number of anilines is 1. The molecule has 6 nitrogen and oxygen atoms in total. The maximum atomic E-state index is 5.68. The zero-order valence-electron chi connectivity index (χ0n) is 13.0. The Kier molecular flexibility index (Phi) is 4.05. The summed E-state index contributed by atoms with van der Waals surface area (Å²) in [6.07, 6.45) is 3.38. The van der Waals surface area contributed by atoms with Gasteiger partial charge in [-0.3, -0.25) is 4.68 Å². The van der Waals surface area contributed by atoms with Crippen molar-refractivity contribution in [1.29, 1.82) is 0 Å². The lowest BCUT2D eigenvalue weighted by Gasteiger charge is -2.13. The molecule has 0 unspecified atom stereocenters. The third-order valence-corrected chi connectivity index (χ3v) is 3.94. The van der Waals surface area contributed by atoms with Crippen molar-refractivity contribution in [1.82, 2.24) is 19.7 Å². The summed E-state index contributed by atoms with van der Waals surface area (Å²) in [7, 11) is 0. The van der Waals surface area contributed by atoms with Crippen molar-refractivity contribution in [3.63, 3.8) is 0 Å². The van der Waals surface area contributed by atoms with Gasteiger partial charge in [-0.1, -0.05) is 6.92 Å². The van der Waals surface area contributed by atoms with E-state index in [1.54, 1.807) is 0 Å². The van der Waals surface area contributed by atoms with Crippen molar-refractivity contribution in [3.05, 3.63) is 11.5 Å². The summed E-state index contributed by atoms with van der Waals surface area (Å²) in [5.74, 6) is 1.74. The minimum Gasteiger partial charge on any atom is -0.376 e. The van der Waals surface area contributed by atoms with E-state index in [2.05, 4.69) is 34.2 Å². The van der Waals surface area contributed by atoms with E-state index < -0.39 is 0 Å². The van der Waals surface area contributed by atoms with Gasteiger partial charge in [-0.2, -0.15) is 5.10 Å². The van der Waals surface area contributed by atoms with Crippen LogP contribution in [0.15, 0.2) is 0 Å². The number of fused-ring (bicyclic) bond motifs is 1. The van der Waals surface area contributed by atoms with Gasteiger partial charge in [-0.05, 0) is 26.7 Å². The summed E-state index contributed by atoms with van der Waals surface area (Å²) in [5.41, 5.74) is 2.92. The molecular formula is C15H23N5O. The molecule has 1 atom stereocenters.